The average molecular weight is 710 g/mol. The van der Waals surface area contributed by atoms with E-state index >= 15 is 0 Å². The second kappa shape index (κ2) is 11.1. The number of benzene rings is 8. The van der Waals surface area contributed by atoms with Crippen LogP contribution >= 0.6 is 22.7 Å². The van der Waals surface area contributed by atoms with Crippen LogP contribution in [-0.4, -0.2) is 9.97 Å². The van der Waals surface area contributed by atoms with E-state index in [2.05, 4.69) is 169 Å². The molecule has 0 amide bonds. The number of hydrogen-bond donors (Lipinski definition) is 0. The maximum absolute atomic E-state index is 5.44. The minimum atomic E-state index is 0.725. The van der Waals surface area contributed by atoms with Gasteiger partial charge in [0.25, 0.3) is 0 Å². The lowest BCUT2D eigenvalue weighted by molar-refractivity contribution is 1.23. The number of hydrogen-bond acceptors (Lipinski definition) is 5. The summed E-state index contributed by atoms with van der Waals surface area (Å²) in [7, 11) is 0. The van der Waals surface area contributed by atoms with E-state index < -0.39 is 0 Å². The van der Waals surface area contributed by atoms with Crippen LogP contribution in [0.2, 0.25) is 0 Å². The van der Waals surface area contributed by atoms with Crippen molar-refractivity contribution in [3.63, 3.8) is 0 Å². The van der Waals surface area contributed by atoms with Gasteiger partial charge in [-0.15, -0.1) is 22.7 Å². The van der Waals surface area contributed by atoms with Crippen molar-refractivity contribution in [2.75, 3.05) is 4.90 Å². The molecule has 4 heterocycles. The fourth-order valence-corrected chi connectivity index (χ4v) is 10.6. The van der Waals surface area contributed by atoms with Crippen LogP contribution in [0.3, 0.4) is 0 Å². The van der Waals surface area contributed by atoms with E-state index in [0.717, 1.165) is 43.9 Å². The van der Waals surface area contributed by atoms with Crippen molar-refractivity contribution in [3.05, 3.63) is 164 Å². The first-order valence-electron chi connectivity index (χ1n) is 17.8. The average Bonchev–Trinajstić information content (AvgIpc) is 3.78. The minimum absolute atomic E-state index is 0.725. The van der Waals surface area contributed by atoms with Gasteiger partial charge in [0.05, 0.1) is 27.3 Å². The van der Waals surface area contributed by atoms with E-state index in [-0.39, 0.29) is 0 Å². The summed E-state index contributed by atoms with van der Waals surface area (Å²) in [4.78, 5) is 13.2. The Kier molecular flexibility index (Phi) is 6.09. The standard InChI is InChI=1S/C48H27N3S2/c1-2-11-30-27-40-37(25-29(30)10-1)35-18-8-12-28-13-9-19-39(44(28)35)51(40)33-15-7-14-32(24-33)48-49-45(47-46(50-48)36-17-4-6-21-42(36)53-47)31-22-23-43-38(26-31)34-16-3-5-20-41(34)52-43/h1-27H. The van der Waals surface area contributed by atoms with Crippen molar-refractivity contribution in [1.29, 1.82) is 0 Å². The van der Waals surface area contributed by atoms with Crippen molar-refractivity contribution in [2.45, 2.75) is 0 Å². The molecule has 0 fully saturated rings. The Balaban J connectivity index is 1.09. The molecular weight excluding hydrogens is 683 g/mol. The van der Waals surface area contributed by atoms with Crippen molar-refractivity contribution >= 4 is 102 Å². The summed E-state index contributed by atoms with van der Waals surface area (Å²) < 4.78 is 4.92. The summed E-state index contributed by atoms with van der Waals surface area (Å²) in [6.45, 7) is 0. The second-order valence-electron chi connectivity index (χ2n) is 13.8. The molecule has 0 spiro atoms. The lowest BCUT2D eigenvalue weighted by Gasteiger charge is -2.34. The predicted molar refractivity (Wildman–Crippen MR) is 227 cm³/mol. The normalized spacial score (nSPS) is 12.5. The maximum atomic E-state index is 5.44. The van der Waals surface area contributed by atoms with Gasteiger partial charge in [0.1, 0.15) is 0 Å². The van der Waals surface area contributed by atoms with Crippen LogP contribution in [0.15, 0.2) is 164 Å². The van der Waals surface area contributed by atoms with Gasteiger partial charge in [-0.1, -0.05) is 109 Å². The lowest BCUT2D eigenvalue weighted by atomic mass is 9.89. The Morgan fingerprint density at radius 3 is 2.04 bits per heavy atom. The molecule has 11 aromatic rings. The zero-order valence-electron chi connectivity index (χ0n) is 28.2. The molecule has 246 valence electrons. The van der Waals surface area contributed by atoms with Crippen molar-refractivity contribution < 1.29 is 0 Å². The molecule has 1 aliphatic heterocycles. The number of rotatable bonds is 3. The molecular formula is C48H27N3S2. The predicted octanol–water partition coefficient (Wildman–Crippen LogP) is 14.3. The summed E-state index contributed by atoms with van der Waals surface area (Å²) in [5.41, 5.74) is 9.99. The van der Waals surface area contributed by atoms with Gasteiger partial charge in [-0.05, 0) is 76.3 Å². The molecule has 53 heavy (non-hydrogen) atoms. The first kappa shape index (κ1) is 29.2. The first-order valence-corrected chi connectivity index (χ1v) is 19.4. The van der Waals surface area contributed by atoms with Crippen molar-refractivity contribution in [1.82, 2.24) is 9.97 Å². The molecule has 0 unspecified atom stereocenters. The molecule has 0 saturated heterocycles. The van der Waals surface area contributed by atoms with E-state index in [1.54, 1.807) is 11.3 Å². The summed E-state index contributed by atoms with van der Waals surface area (Å²) in [6, 6.07) is 59.5. The van der Waals surface area contributed by atoms with Gasteiger partial charge < -0.3 is 4.90 Å². The van der Waals surface area contributed by atoms with Gasteiger partial charge >= 0.3 is 0 Å². The molecule has 3 aromatic heterocycles. The molecule has 1 aliphatic rings. The Morgan fingerprint density at radius 1 is 0.434 bits per heavy atom. The van der Waals surface area contributed by atoms with Crippen molar-refractivity contribution in [3.8, 4) is 33.8 Å². The first-order chi connectivity index (χ1) is 26.2. The van der Waals surface area contributed by atoms with E-state index in [1.165, 1.54) is 68.9 Å². The highest BCUT2D eigenvalue weighted by Crippen LogP contribution is 2.52. The molecule has 0 bridgehead atoms. The molecule has 8 aromatic carbocycles. The Hall–Kier alpha value is -6.40. The smallest absolute Gasteiger partial charge is 0.160 e. The molecule has 0 radical (unpaired) electrons. The van der Waals surface area contributed by atoms with Gasteiger partial charge in [0.2, 0.25) is 0 Å². The van der Waals surface area contributed by atoms with E-state index in [9.17, 15) is 0 Å². The van der Waals surface area contributed by atoms with E-state index in [1.807, 2.05) is 11.3 Å². The van der Waals surface area contributed by atoms with Crippen LogP contribution in [-0.2, 0) is 0 Å². The van der Waals surface area contributed by atoms with Crippen LogP contribution in [0.1, 0.15) is 0 Å². The van der Waals surface area contributed by atoms with Crippen LogP contribution in [0.5, 0.6) is 0 Å². The number of anilines is 3. The second-order valence-corrected chi connectivity index (χ2v) is 15.9. The molecule has 0 N–H and O–H groups in total. The maximum Gasteiger partial charge on any atom is 0.160 e. The Labute approximate surface area is 312 Å². The largest absolute Gasteiger partial charge is 0.309 e. The van der Waals surface area contributed by atoms with E-state index in [4.69, 9.17) is 9.97 Å². The minimum Gasteiger partial charge on any atom is -0.309 e. The van der Waals surface area contributed by atoms with Gasteiger partial charge in [-0.3, -0.25) is 0 Å². The monoisotopic (exact) mass is 709 g/mol. The summed E-state index contributed by atoms with van der Waals surface area (Å²) in [5.74, 6) is 0.725. The number of aromatic nitrogens is 2. The third-order valence-corrected chi connectivity index (χ3v) is 13.1. The van der Waals surface area contributed by atoms with Crippen LogP contribution in [0, 0.1) is 0 Å². The molecule has 12 rings (SSSR count). The molecule has 5 heteroatoms. The SMILES string of the molecule is c1cc(-c2nc(-c3ccc4sc5ccccc5c4c3)c3sc4ccccc4c3n2)cc(N2c3cc4ccccc4cc3-c3cccc4cccc2c34)c1. The van der Waals surface area contributed by atoms with Gasteiger partial charge in [0, 0.05) is 58.0 Å². The highest BCUT2D eigenvalue weighted by atomic mass is 32.1. The number of nitrogens with zero attached hydrogens (tertiary/aromatic N) is 3. The van der Waals surface area contributed by atoms with Crippen LogP contribution in [0.4, 0.5) is 17.1 Å². The summed E-state index contributed by atoms with van der Waals surface area (Å²) in [6.07, 6.45) is 0. The van der Waals surface area contributed by atoms with Gasteiger partial charge in [-0.25, -0.2) is 9.97 Å². The molecule has 3 nitrogen and oxygen atoms in total. The third-order valence-electron chi connectivity index (χ3n) is 10.8. The number of fused-ring (bicyclic) bond motifs is 9. The topological polar surface area (TPSA) is 29.0 Å². The summed E-state index contributed by atoms with van der Waals surface area (Å²) >= 11 is 3.62. The fraction of sp³-hybridized carbons (Fsp3) is 0. The van der Waals surface area contributed by atoms with Crippen LogP contribution < -0.4 is 4.90 Å². The van der Waals surface area contributed by atoms with E-state index in [0.29, 0.717) is 0 Å². The van der Waals surface area contributed by atoms with Gasteiger partial charge in [0.15, 0.2) is 5.82 Å². The number of thiophene rings is 2. The summed E-state index contributed by atoms with van der Waals surface area (Å²) in [5, 5.41) is 8.68. The van der Waals surface area contributed by atoms with Crippen molar-refractivity contribution in [2.24, 2.45) is 0 Å². The highest BCUT2D eigenvalue weighted by molar-refractivity contribution is 7.26. The zero-order chi connectivity index (χ0) is 34.6. The van der Waals surface area contributed by atoms with Crippen LogP contribution in [0.25, 0.3) is 95.8 Å². The quantitative estimate of drug-likeness (QED) is 0.183. The lowest BCUT2D eigenvalue weighted by Crippen LogP contribution is -2.15. The zero-order valence-corrected chi connectivity index (χ0v) is 29.9. The molecule has 0 aliphatic carbocycles. The third kappa shape index (κ3) is 4.32. The Bertz CT molecular complexity index is 3310. The Morgan fingerprint density at radius 2 is 1.15 bits per heavy atom. The fourth-order valence-electron chi connectivity index (χ4n) is 8.34. The van der Waals surface area contributed by atoms with Gasteiger partial charge in [-0.2, -0.15) is 0 Å². The highest BCUT2D eigenvalue weighted by Gasteiger charge is 2.27. The molecule has 0 atom stereocenters. The molecule has 0 saturated carbocycles.